The Bertz CT molecular complexity index is 581. The quantitative estimate of drug-likeness (QED) is 0.164. The Kier molecular flexibility index (Phi) is 14.3. The van der Waals surface area contributed by atoms with Crippen molar-refractivity contribution in [3.8, 4) is 0 Å². The number of carbonyl (C=O) groups excluding carboxylic acids is 1. The highest BCUT2D eigenvalue weighted by Crippen LogP contribution is 2.35. The van der Waals surface area contributed by atoms with Gasteiger partial charge >= 0.3 is 5.97 Å². The first-order valence-electron chi connectivity index (χ1n) is 13.6. The third-order valence-corrected chi connectivity index (χ3v) is 6.65. The summed E-state index contributed by atoms with van der Waals surface area (Å²) in [7, 11) is 0. The molecule has 0 spiro atoms. The van der Waals surface area contributed by atoms with Crippen molar-refractivity contribution in [2.45, 2.75) is 134 Å². The average molecular weight is 485 g/mol. The van der Waals surface area contributed by atoms with E-state index in [0.29, 0.717) is 13.0 Å². The van der Waals surface area contributed by atoms with E-state index in [9.17, 15) is 15.0 Å². The van der Waals surface area contributed by atoms with Crippen molar-refractivity contribution in [2.75, 3.05) is 19.8 Å². The summed E-state index contributed by atoms with van der Waals surface area (Å²) in [4.78, 5) is 12.4. The van der Waals surface area contributed by atoms with Crippen LogP contribution in [0.25, 0.3) is 0 Å². The molecule has 34 heavy (non-hydrogen) atoms. The van der Waals surface area contributed by atoms with Crippen LogP contribution in [0.5, 0.6) is 0 Å². The summed E-state index contributed by atoms with van der Waals surface area (Å²) in [5, 5.41) is 20.1. The molecule has 0 amide bonds. The van der Waals surface area contributed by atoms with Gasteiger partial charge in [0.1, 0.15) is 12.7 Å². The van der Waals surface area contributed by atoms with Gasteiger partial charge in [-0.3, -0.25) is 4.79 Å². The van der Waals surface area contributed by atoms with Gasteiger partial charge in [-0.15, -0.1) is 0 Å². The van der Waals surface area contributed by atoms with Gasteiger partial charge in [0.25, 0.3) is 0 Å². The van der Waals surface area contributed by atoms with Crippen LogP contribution in [0, 0.1) is 0 Å². The van der Waals surface area contributed by atoms with Crippen LogP contribution in [-0.4, -0.2) is 66.2 Å². The zero-order chi connectivity index (χ0) is 24.7. The lowest BCUT2D eigenvalue weighted by atomic mass is 10.0. The van der Waals surface area contributed by atoms with Gasteiger partial charge in [-0.1, -0.05) is 70.4 Å². The molecule has 7 nitrogen and oxygen atoms in total. The number of hydrogen-bond donors (Lipinski definition) is 2. The molecule has 0 aliphatic carbocycles. The predicted octanol–water partition coefficient (Wildman–Crippen LogP) is 4.82. The molecule has 0 saturated carbocycles. The molecular formula is C27H48O7. The number of aliphatic hydroxyl groups is 2. The molecule has 2 aliphatic rings. The standard InChI is InChI=1S/C27H48O7/c1-3-4-5-6-7-8-9-10-11-12-13-14-15-16-17-18-24(30)33-25-23(29)20-31-26(25)27(21-28)32-19-22(2)34-27/h10-11,22-23,25-26,28-29H,3-9,12-21H2,1-2H3/b11-10-/t22?,23-,25+,26-,27-/m0/s1. The zero-order valence-corrected chi connectivity index (χ0v) is 21.4. The first kappa shape index (κ1) is 29.2. The number of esters is 1. The second-order valence-electron chi connectivity index (χ2n) is 9.82. The van der Waals surface area contributed by atoms with E-state index in [0.717, 1.165) is 25.7 Å². The monoisotopic (exact) mass is 484 g/mol. The molecule has 5 atom stereocenters. The fourth-order valence-electron chi connectivity index (χ4n) is 4.65. The van der Waals surface area contributed by atoms with Crippen LogP contribution in [0.1, 0.15) is 104 Å². The lowest BCUT2D eigenvalue weighted by Gasteiger charge is -2.34. The second-order valence-corrected chi connectivity index (χ2v) is 9.82. The SMILES string of the molecule is CCCCCCCC/C=C\CCCCCCCC(=O)O[C@@H]1[C@@H](O)CO[C@@H]1[C@@]1(CO)OCC(C)O1. The molecule has 7 heteroatoms. The third-order valence-electron chi connectivity index (χ3n) is 6.65. The van der Waals surface area contributed by atoms with Crippen LogP contribution in [0.3, 0.4) is 0 Å². The summed E-state index contributed by atoms with van der Waals surface area (Å²) in [6.45, 7) is 3.97. The summed E-state index contributed by atoms with van der Waals surface area (Å²) in [5.41, 5.74) is 0. The average Bonchev–Trinajstić information content (AvgIpc) is 3.39. The minimum absolute atomic E-state index is 0.0128. The van der Waals surface area contributed by atoms with Crippen molar-refractivity contribution in [3.05, 3.63) is 12.2 Å². The molecule has 2 aliphatic heterocycles. The maximum absolute atomic E-state index is 12.4. The van der Waals surface area contributed by atoms with Gasteiger partial charge < -0.3 is 29.2 Å². The molecule has 0 aromatic heterocycles. The summed E-state index contributed by atoms with van der Waals surface area (Å²) < 4.78 is 22.5. The number of allylic oxidation sites excluding steroid dienone is 2. The number of unbranched alkanes of at least 4 members (excludes halogenated alkanes) is 11. The van der Waals surface area contributed by atoms with Gasteiger partial charge in [0, 0.05) is 6.42 Å². The van der Waals surface area contributed by atoms with Crippen molar-refractivity contribution >= 4 is 5.97 Å². The molecule has 0 aromatic carbocycles. The van der Waals surface area contributed by atoms with Crippen LogP contribution in [0.2, 0.25) is 0 Å². The summed E-state index contributed by atoms with van der Waals surface area (Å²) in [6, 6.07) is 0. The lowest BCUT2D eigenvalue weighted by molar-refractivity contribution is -0.262. The molecular weight excluding hydrogens is 436 g/mol. The van der Waals surface area contributed by atoms with Crippen molar-refractivity contribution in [1.82, 2.24) is 0 Å². The summed E-state index contributed by atoms with van der Waals surface area (Å²) in [5.74, 6) is -1.76. The largest absolute Gasteiger partial charge is 0.456 e. The van der Waals surface area contributed by atoms with Gasteiger partial charge in [-0.05, 0) is 39.0 Å². The minimum atomic E-state index is -1.40. The summed E-state index contributed by atoms with van der Waals surface area (Å²) >= 11 is 0. The highest BCUT2D eigenvalue weighted by molar-refractivity contribution is 5.69. The Morgan fingerprint density at radius 2 is 1.59 bits per heavy atom. The summed E-state index contributed by atoms with van der Waals surface area (Å²) in [6.07, 6.45) is 17.6. The van der Waals surface area contributed by atoms with E-state index in [1.807, 2.05) is 6.92 Å². The van der Waals surface area contributed by atoms with Crippen molar-refractivity contribution in [2.24, 2.45) is 0 Å². The molecule has 2 saturated heterocycles. The van der Waals surface area contributed by atoms with E-state index >= 15 is 0 Å². The van der Waals surface area contributed by atoms with Gasteiger partial charge in [0.2, 0.25) is 5.79 Å². The minimum Gasteiger partial charge on any atom is -0.456 e. The number of carbonyl (C=O) groups is 1. The van der Waals surface area contributed by atoms with E-state index in [1.165, 1.54) is 57.8 Å². The van der Waals surface area contributed by atoms with E-state index < -0.39 is 30.7 Å². The Morgan fingerprint density at radius 1 is 0.971 bits per heavy atom. The number of ether oxygens (including phenoxy) is 4. The number of rotatable bonds is 18. The van der Waals surface area contributed by atoms with E-state index in [1.54, 1.807) is 0 Å². The van der Waals surface area contributed by atoms with E-state index in [-0.39, 0.29) is 18.7 Å². The van der Waals surface area contributed by atoms with Crippen molar-refractivity contribution in [1.29, 1.82) is 0 Å². The topological polar surface area (TPSA) is 94.5 Å². The van der Waals surface area contributed by atoms with Crippen molar-refractivity contribution < 1.29 is 34.0 Å². The molecule has 0 bridgehead atoms. The van der Waals surface area contributed by atoms with Crippen LogP contribution >= 0.6 is 0 Å². The van der Waals surface area contributed by atoms with Crippen molar-refractivity contribution in [3.63, 3.8) is 0 Å². The first-order chi connectivity index (χ1) is 16.5. The van der Waals surface area contributed by atoms with Crippen LogP contribution < -0.4 is 0 Å². The fraction of sp³-hybridized carbons (Fsp3) is 0.889. The number of hydrogen-bond acceptors (Lipinski definition) is 7. The molecule has 198 valence electrons. The van der Waals surface area contributed by atoms with Gasteiger partial charge in [0.15, 0.2) is 12.2 Å². The highest BCUT2D eigenvalue weighted by atomic mass is 16.8. The molecule has 2 fully saturated rings. The fourth-order valence-corrected chi connectivity index (χ4v) is 4.65. The van der Waals surface area contributed by atoms with Crippen LogP contribution in [-0.2, 0) is 23.7 Å². The highest BCUT2D eigenvalue weighted by Gasteiger charge is 2.56. The Morgan fingerprint density at radius 3 is 2.18 bits per heavy atom. The van der Waals surface area contributed by atoms with Gasteiger partial charge in [-0.2, -0.15) is 0 Å². The Balaban J connectivity index is 1.51. The van der Waals surface area contributed by atoms with Gasteiger partial charge in [0.05, 0.1) is 19.3 Å². The maximum atomic E-state index is 12.4. The van der Waals surface area contributed by atoms with Crippen LogP contribution in [0.4, 0.5) is 0 Å². The Labute approximate surface area is 206 Å². The van der Waals surface area contributed by atoms with Crippen LogP contribution in [0.15, 0.2) is 12.2 Å². The zero-order valence-electron chi connectivity index (χ0n) is 21.4. The second kappa shape index (κ2) is 16.6. The normalized spacial score (nSPS) is 29.3. The van der Waals surface area contributed by atoms with E-state index in [4.69, 9.17) is 18.9 Å². The molecule has 2 rings (SSSR count). The van der Waals surface area contributed by atoms with E-state index in [2.05, 4.69) is 19.1 Å². The first-order valence-corrected chi connectivity index (χ1v) is 13.6. The smallest absolute Gasteiger partial charge is 0.306 e. The number of aliphatic hydroxyl groups excluding tert-OH is 2. The molecule has 0 aromatic rings. The van der Waals surface area contributed by atoms with Gasteiger partial charge in [-0.25, -0.2) is 0 Å². The third kappa shape index (κ3) is 9.94. The molecule has 1 unspecified atom stereocenters. The predicted molar refractivity (Wildman–Crippen MR) is 131 cm³/mol. The maximum Gasteiger partial charge on any atom is 0.306 e. The lowest BCUT2D eigenvalue weighted by Crippen LogP contribution is -2.54. The Hall–Kier alpha value is -0.990. The molecule has 2 N–H and O–H groups in total. The molecule has 0 radical (unpaired) electrons. The molecule has 2 heterocycles.